The van der Waals surface area contributed by atoms with Gasteiger partial charge < -0.3 is 9.67 Å². The Kier molecular flexibility index (Phi) is 3.36. The van der Waals surface area contributed by atoms with Crippen molar-refractivity contribution in [3.63, 3.8) is 0 Å². The lowest BCUT2D eigenvalue weighted by molar-refractivity contribution is 0.0697. The quantitative estimate of drug-likeness (QED) is 0.901. The molecule has 18 heavy (non-hydrogen) atoms. The Labute approximate surface area is 106 Å². The molecule has 1 heterocycles. The lowest BCUT2D eigenvalue weighted by Crippen LogP contribution is -2.08. The largest absolute Gasteiger partial charge is 0.478 e. The number of hydrogen-bond donors (Lipinski definition) is 1. The molecule has 96 valence electrons. The lowest BCUT2D eigenvalue weighted by atomic mass is 10.1. The first-order chi connectivity index (χ1) is 8.52. The van der Waals surface area contributed by atoms with Gasteiger partial charge >= 0.3 is 5.97 Å². The molecule has 1 aromatic carbocycles. The van der Waals surface area contributed by atoms with Gasteiger partial charge in [-0.25, -0.2) is 9.78 Å². The second-order valence-corrected chi connectivity index (χ2v) is 4.79. The van der Waals surface area contributed by atoms with E-state index in [2.05, 4.69) is 23.4 Å². The summed E-state index contributed by atoms with van der Waals surface area (Å²) in [6.07, 6.45) is 1.12. The maximum absolute atomic E-state index is 10.9. The van der Waals surface area contributed by atoms with Crippen molar-refractivity contribution >= 4 is 17.0 Å². The summed E-state index contributed by atoms with van der Waals surface area (Å²) in [5, 5.41) is 8.97. The topological polar surface area (TPSA) is 55.1 Å². The number of rotatable bonds is 4. The molecule has 2 aromatic rings. The molecule has 4 heteroatoms. The first-order valence-electron chi connectivity index (χ1n) is 6.23. The Morgan fingerprint density at radius 2 is 2.22 bits per heavy atom. The summed E-state index contributed by atoms with van der Waals surface area (Å²) in [5.74, 6) is 0.610. The molecule has 0 bridgehead atoms. The highest BCUT2D eigenvalue weighted by Crippen LogP contribution is 2.20. The van der Waals surface area contributed by atoms with Crippen LogP contribution in [-0.2, 0) is 6.54 Å². The third kappa shape index (κ3) is 2.23. The highest BCUT2D eigenvalue weighted by molar-refractivity contribution is 5.92. The van der Waals surface area contributed by atoms with Gasteiger partial charge in [0.05, 0.1) is 16.6 Å². The number of nitrogens with zero attached hydrogens (tertiary/aromatic N) is 2. The smallest absolute Gasteiger partial charge is 0.335 e. The summed E-state index contributed by atoms with van der Waals surface area (Å²) >= 11 is 0. The SMILES string of the molecule is CCC(C)Cn1c(C)nc2cc(C(=O)O)ccc21. The standard InChI is InChI=1S/C14H18N2O2/c1-4-9(2)8-16-10(3)15-12-7-11(14(17)18)5-6-13(12)16/h5-7,9H,4,8H2,1-3H3,(H,17,18). The second kappa shape index (κ2) is 4.80. The molecule has 0 radical (unpaired) electrons. The van der Waals surface area contributed by atoms with Gasteiger partial charge in [-0.15, -0.1) is 0 Å². The van der Waals surface area contributed by atoms with E-state index >= 15 is 0 Å². The Morgan fingerprint density at radius 3 is 2.83 bits per heavy atom. The summed E-state index contributed by atoms with van der Waals surface area (Å²) < 4.78 is 2.16. The van der Waals surface area contributed by atoms with Gasteiger partial charge in [0.1, 0.15) is 5.82 Å². The third-order valence-corrected chi connectivity index (χ3v) is 3.38. The van der Waals surface area contributed by atoms with Crippen LogP contribution >= 0.6 is 0 Å². The Bertz CT molecular complexity index is 587. The first-order valence-corrected chi connectivity index (χ1v) is 6.23. The van der Waals surface area contributed by atoms with E-state index in [1.165, 1.54) is 0 Å². The summed E-state index contributed by atoms with van der Waals surface area (Å²) in [6, 6.07) is 5.12. The van der Waals surface area contributed by atoms with Crippen LogP contribution in [0.3, 0.4) is 0 Å². The molecule has 2 rings (SSSR count). The molecule has 0 spiro atoms. The molecular formula is C14H18N2O2. The molecule has 0 amide bonds. The predicted octanol–water partition coefficient (Wildman–Crippen LogP) is 3.09. The number of aryl methyl sites for hydroxylation is 1. The zero-order chi connectivity index (χ0) is 13.3. The molecule has 0 aliphatic heterocycles. The molecule has 4 nitrogen and oxygen atoms in total. The van der Waals surface area contributed by atoms with Crippen LogP contribution in [0.5, 0.6) is 0 Å². The number of aromatic carboxylic acids is 1. The minimum Gasteiger partial charge on any atom is -0.478 e. The molecule has 0 aliphatic carbocycles. The summed E-state index contributed by atoms with van der Waals surface area (Å²) in [7, 11) is 0. The van der Waals surface area contributed by atoms with Crippen LogP contribution in [0.15, 0.2) is 18.2 Å². The molecule has 1 atom stereocenters. The van der Waals surface area contributed by atoms with Crippen LogP contribution in [0.25, 0.3) is 11.0 Å². The predicted molar refractivity (Wildman–Crippen MR) is 70.9 cm³/mol. The van der Waals surface area contributed by atoms with Gasteiger partial charge in [-0.2, -0.15) is 0 Å². The zero-order valence-electron chi connectivity index (χ0n) is 11.0. The van der Waals surface area contributed by atoms with E-state index in [4.69, 9.17) is 5.11 Å². The van der Waals surface area contributed by atoms with Crippen LogP contribution in [0.1, 0.15) is 36.5 Å². The second-order valence-electron chi connectivity index (χ2n) is 4.79. The van der Waals surface area contributed by atoms with E-state index in [9.17, 15) is 4.79 Å². The third-order valence-electron chi connectivity index (χ3n) is 3.38. The Morgan fingerprint density at radius 1 is 1.50 bits per heavy atom. The van der Waals surface area contributed by atoms with Gasteiger partial charge in [0, 0.05) is 6.54 Å². The van der Waals surface area contributed by atoms with Gasteiger partial charge in [0.15, 0.2) is 0 Å². The fourth-order valence-corrected chi connectivity index (χ4v) is 2.05. The highest BCUT2D eigenvalue weighted by atomic mass is 16.4. The fraction of sp³-hybridized carbons (Fsp3) is 0.429. The summed E-state index contributed by atoms with van der Waals surface area (Å²) in [5.41, 5.74) is 2.06. The number of carbonyl (C=O) groups is 1. The average molecular weight is 246 g/mol. The van der Waals surface area contributed by atoms with Crippen LogP contribution in [-0.4, -0.2) is 20.6 Å². The van der Waals surface area contributed by atoms with Crippen molar-refractivity contribution in [2.75, 3.05) is 0 Å². The molecule has 0 saturated carbocycles. The molecule has 1 unspecified atom stereocenters. The molecule has 1 aromatic heterocycles. The Hall–Kier alpha value is -1.84. The average Bonchev–Trinajstić information content (AvgIpc) is 2.64. The van der Waals surface area contributed by atoms with Gasteiger partial charge in [-0.05, 0) is 31.0 Å². The van der Waals surface area contributed by atoms with E-state index in [1.807, 2.05) is 13.0 Å². The van der Waals surface area contributed by atoms with Gasteiger partial charge in [0.2, 0.25) is 0 Å². The van der Waals surface area contributed by atoms with Crippen LogP contribution in [0.4, 0.5) is 0 Å². The van der Waals surface area contributed by atoms with Gasteiger partial charge in [-0.1, -0.05) is 20.3 Å². The highest BCUT2D eigenvalue weighted by Gasteiger charge is 2.12. The number of hydrogen-bond acceptors (Lipinski definition) is 2. The number of carboxylic acid groups (broad SMARTS) is 1. The van der Waals surface area contributed by atoms with Crippen LogP contribution in [0, 0.1) is 12.8 Å². The van der Waals surface area contributed by atoms with Crippen molar-refractivity contribution in [2.24, 2.45) is 5.92 Å². The summed E-state index contributed by atoms with van der Waals surface area (Å²) in [6.45, 7) is 7.26. The number of benzene rings is 1. The molecular weight excluding hydrogens is 228 g/mol. The van der Waals surface area contributed by atoms with E-state index in [0.29, 0.717) is 5.92 Å². The fourth-order valence-electron chi connectivity index (χ4n) is 2.05. The first kappa shape index (κ1) is 12.6. The molecule has 0 fully saturated rings. The maximum Gasteiger partial charge on any atom is 0.335 e. The van der Waals surface area contributed by atoms with Crippen molar-refractivity contribution in [1.29, 1.82) is 0 Å². The maximum atomic E-state index is 10.9. The van der Waals surface area contributed by atoms with Crippen molar-refractivity contribution in [1.82, 2.24) is 9.55 Å². The lowest BCUT2D eigenvalue weighted by Gasteiger charge is -2.12. The van der Waals surface area contributed by atoms with E-state index < -0.39 is 5.97 Å². The molecule has 0 aliphatic rings. The van der Waals surface area contributed by atoms with Gasteiger partial charge in [-0.3, -0.25) is 0 Å². The Balaban J connectivity index is 2.48. The van der Waals surface area contributed by atoms with E-state index in [1.54, 1.807) is 12.1 Å². The monoisotopic (exact) mass is 246 g/mol. The number of fused-ring (bicyclic) bond motifs is 1. The van der Waals surface area contributed by atoms with Crippen molar-refractivity contribution in [3.8, 4) is 0 Å². The number of imidazole rings is 1. The van der Waals surface area contributed by atoms with Crippen LogP contribution < -0.4 is 0 Å². The molecule has 1 N–H and O–H groups in total. The number of aromatic nitrogens is 2. The van der Waals surface area contributed by atoms with Crippen molar-refractivity contribution in [3.05, 3.63) is 29.6 Å². The minimum absolute atomic E-state index is 0.288. The molecule has 0 saturated heterocycles. The van der Waals surface area contributed by atoms with Crippen LogP contribution in [0.2, 0.25) is 0 Å². The van der Waals surface area contributed by atoms with E-state index in [-0.39, 0.29) is 5.56 Å². The zero-order valence-corrected chi connectivity index (χ0v) is 11.0. The normalized spacial score (nSPS) is 12.8. The van der Waals surface area contributed by atoms with Crippen molar-refractivity contribution in [2.45, 2.75) is 33.7 Å². The van der Waals surface area contributed by atoms with E-state index in [0.717, 1.165) is 29.8 Å². The minimum atomic E-state index is -0.911. The summed E-state index contributed by atoms with van der Waals surface area (Å²) in [4.78, 5) is 15.4. The number of carboxylic acids is 1. The van der Waals surface area contributed by atoms with Gasteiger partial charge in [0.25, 0.3) is 0 Å². The van der Waals surface area contributed by atoms with Crippen molar-refractivity contribution < 1.29 is 9.90 Å².